The van der Waals surface area contributed by atoms with Crippen molar-refractivity contribution in [1.29, 1.82) is 0 Å². The zero-order valence-electron chi connectivity index (χ0n) is 16.7. The van der Waals surface area contributed by atoms with Gasteiger partial charge in [0.25, 0.3) is 0 Å². The molecule has 0 N–H and O–H groups in total. The minimum absolute atomic E-state index is 0.722. The Bertz CT molecular complexity index is 1370. The number of aryl methyl sites for hydroxylation is 2. The van der Waals surface area contributed by atoms with Crippen LogP contribution in [0.4, 0.5) is 0 Å². The zero-order chi connectivity index (χ0) is 21.3. The summed E-state index contributed by atoms with van der Waals surface area (Å²) in [6.45, 7) is 0. The third-order valence-electron chi connectivity index (χ3n) is 4.94. The van der Waals surface area contributed by atoms with E-state index in [0.29, 0.717) is 0 Å². The molecule has 0 amide bonds. The normalized spacial score (nSPS) is 11.6. The van der Waals surface area contributed by atoms with Gasteiger partial charge in [0.2, 0.25) is 9.92 Å². The van der Waals surface area contributed by atoms with Crippen LogP contribution in [-0.2, 0) is 12.8 Å². The summed E-state index contributed by atoms with van der Waals surface area (Å²) in [7, 11) is 0. The molecule has 10 nitrogen and oxygen atoms in total. The SMILES string of the molecule is c1cncc(-c2nnc3sc(CCCCc4nn5c(-c6cccnc6)nnc5s4)nn23)c1. The van der Waals surface area contributed by atoms with E-state index in [4.69, 9.17) is 10.2 Å². The van der Waals surface area contributed by atoms with Crippen molar-refractivity contribution in [3.05, 3.63) is 59.1 Å². The van der Waals surface area contributed by atoms with Gasteiger partial charge in [-0.25, -0.2) is 0 Å². The molecule has 6 heterocycles. The van der Waals surface area contributed by atoms with Crippen LogP contribution < -0.4 is 0 Å². The molecule has 32 heavy (non-hydrogen) atoms. The first-order chi connectivity index (χ1) is 15.8. The van der Waals surface area contributed by atoms with Crippen LogP contribution in [-0.4, -0.2) is 49.6 Å². The molecule has 6 rings (SSSR count). The molecule has 0 atom stereocenters. The molecule has 0 saturated heterocycles. The van der Waals surface area contributed by atoms with E-state index in [-0.39, 0.29) is 0 Å². The maximum atomic E-state index is 4.71. The van der Waals surface area contributed by atoms with Crippen molar-refractivity contribution in [1.82, 2.24) is 49.6 Å². The van der Waals surface area contributed by atoms with E-state index in [1.165, 1.54) is 0 Å². The smallest absolute Gasteiger partial charge is 0.234 e. The number of hydrogen-bond acceptors (Lipinski definition) is 10. The number of unbranched alkanes of at least 4 members (excludes halogenated alkanes) is 1. The highest BCUT2D eigenvalue weighted by atomic mass is 32.1. The topological polar surface area (TPSA) is 112 Å². The quantitative estimate of drug-likeness (QED) is 0.333. The van der Waals surface area contributed by atoms with E-state index in [2.05, 4.69) is 30.4 Å². The maximum absolute atomic E-state index is 4.71. The number of aromatic nitrogens is 10. The summed E-state index contributed by atoms with van der Waals surface area (Å²) in [6, 6.07) is 7.69. The van der Waals surface area contributed by atoms with Gasteiger partial charge in [-0.15, -0.1) is 20.4 Å². The largest absolute Gasteiger partial charge is 0.264 e. The van der Waals surface area contributed by atoms with E-state index < -0.39 is 0 Å². The summed E-state index contributed by atoms with van der Waals surface area (Å²) in [5, 5.41) is 28.5. The maximum Gasteiger partial charge on any atom is 0.234 e. The zero-order valence-corrected chi connectivity index (χ0v) is 18.4. The number of hydrogen-bond donors (Lipinski definition) is 0. The van der Waals surface area contributed by atoms with Crippen molar-refractivity contribution in [3.8, 4) is 22.8 Å². The molecule has 0 radical (unpaired) electrons. The van der Waals surface area contributed by atoms with Gasteiger partial charge in [0.05, 0.1) is 0 Å². The highest BCUT2D eigenvalue weighted by Crippen LogP contribution is 2.24. The van der Waals surface area contributed by atoms with Crippen LogP contribution in [0.1, 0.15) is 22.9 Å². The molecule has 158 valence electrons. The molecule has 12 heteroatoms. The van der Waals surface area contributed by atoms with E-state index in [1.807, 2.05) is 24.3 Å². The van der Waals surface area contributed by atoms with E-state index in [0.717, 1.165) is 68.4 Å². The van der Waals surface area contributed by atoms with E-state index in [9.17, 15) is 0 Å². The molecular formula is C20H16N10S2. The van der Waals surface area contributed by atoms with Crippen molar-refractivity contribution in [2.24, 2.45) is 0 Å². The first-order valence-electron chi connectivity index (χ1n) is 10.1. The highest BCUT2D eigenvalue weighted by molar-refractivity contribution is 7.17. The number of nitrogens with zero attached hydrogens (tertiary/aromatic N) is 10. The first kappa shape index (κ1) is 19.1. The number of pyridine rings is 2. The average molecular weight is 461 g/mol. The molecule has 6 aromatic rings. The summed E-state index contributed by atoms with van der Waals surface area (Å²) in [6.07, 6.45) is 10.8. The molecule has 0 spiro atoms. The fourth-order valence-electron chi connectivity index (χ4n) is 3.42. The van der Waals surface area contributed by atoms with Gasteiger partial charge >= 0.3 is 0 Å². The minimum atomic E-state index is 0.722. The average Bonchev–Trinajstić information content (AvgIpc) is 3.58. The summed E-state index contributed by atoms with van der Waals surface area (Å²) in [5.41, 5.74) is 1.82. The monoisotopic (exact) mass is 460 g/mol. The predicted molar refractivity (Wildman–Crippen MR) is 120 cm³/mol. The lowest BCUT2D eigenvalue weighted by Crippen LogP contribution is -1.95. The predicted octanol–water partition coefficient (Wildman–Crippen LogP) is 3.37. The first-order valence-corrected chi connectivity index (χ1v) is 11.7. The molecule has 0 unspecified atom stereocenters. The van der Waals surface area contributed by atoms with Crippen molar-refractivity contribution in [2.75, 3.05) is 0 Å². The second-order valence-electron chi connectivity index (χ2n) is 7.12. The minimum Gasteiger partial charge on any atom is -0.264 e. The molecule has 0 aliphatic rings. The third kappa shape index (κ3) is 3.52. The Kier molecular flexibility index (Phi) is 4.85. The van der Waals surface area contributed by atoms with Gasteiger partial charge in [0.15, 0.2) is 11.6 Å². The lowest BCUT2D eigenvalue weighted by molar-refractivity contribution is 0.710. The highest BCUT2D eigenvalue weighted by Gasteiger charge is 2.15. The van der Waals surface area contributed by atoms with Crippen LogP contribution in [0.2, 0.25) is 0 Å². The van der Waals surface area contributed by atoms with Crippen LogP contribution in [0, 0.1) is 0 Å². The Morgan fingerprint density at radius 2 is 1.16 bits per heavy atom. The molecule has 0 bridgehead atoms. The van der Waals surface area contributed by atoms with Gasteiger partial charge in [0, 0.05) is 48.8 Å². The van der Waals surface area contributed by atoms with Crippen LogP contribution in [0.5, 0.6) is 0 Å². The summed E-state index contributed by atoms with van der Waals surface area (Å²) >= 11 is 3.16. The van der Waals surface area contributed by atoms with Gasteiger partial charge in [-0.2, -0.15) is 19.2 Å². The third-order valence-corrected chi connectivity index (χ3v) is 6.85. The van der Waals surface area contributed by atoms with Crippen LogP contribution in [0.3, 0.4) is 0 Å². The summed E-state index contributed by atoms with van der Waals surface area (Å²) in [4.78, 5) is 9.91. The molecule has 0 aliphatic heterocycles. The Balaban J connectivity index is 1.11. The number of rotatable bonds is 7. The second kappa shape index (κ2) is 8.13. The van der Waals surface area contributed by atoms with Gasteiger partial charge in [-0.1, -0.05) is 22.7 Å². The Morgan fingerprint density at radius 3 is 1.59 bits per heavy atom. The van der Waals surface area contributed by atoms with Crippen LogP contribution in [0.25, 0.3) is 32.7 Å². The lowest BCUT2D eigenvalue weighted by Gasteiger charge is -1.97. The second-order valence-corrected chi connectivity index (χ2v) is 9.20. The fourth-order valence-corrected chi connectivity index (χ4v) is 5.17. The van der Waals surface area contributed by atoms with Gasteiger partial charge in [-0.05, 0) is 37.1 Å². The Labute approximate surface area is 189 Å². The van der Waals surface area contributed by atoms with Crippen molar-refractivity contribution in [2.45, 2.75) is 25.7 Å². The molecular weight excluding hydrogens is 444 g/mol. The molecule has 0 aliphatic carbocycles. The summed E-state index contributed by atoms with van der Waals surface area (Å²) < 4.78 is 3.61. The van der Waals surface area contributed by atoms with Crippen LogP contribution in [0.15, 0.2) is 49.1 Å². The summed E-state index contributed by atoms with van der Waals surface area (Å²) in [5.74, 6) is 1.44. The Hall–Kier alpha value is -3.64. The lowest BCUT2D eigenvalue weighted by atomic mass is 10.2. The van der Waals surface area contributed by atoms with Gasteiger partial charge in [0.1, 0.15) is 10.0 Å². The standard InChI is InChI=1S/C20H16N10S2/c1(7-15-27-29-17(23-25-19(29)31-15)13-5-3-9-21-11-13)2-8-16-28-30-18(24-26-20(30)32-16)14-6-4-10-22-12-14/h3-6,9-12H,1-2,7-8H2. The van der Waals surface area contributed by atoms with Crippen LogP contribution >= 0.6 is 22.7 Å². The van der Waals surface area contributed by atoms with Crippen molar-refractivity contribution >= 4 is 32.6 Å². The Morgan fingerprint density at radius 1 is 0.656 bits per heavy atom. The molecule has 0 fully saturated rings. The van der Waals surface area contributed by atoms with E-state index >= 15 is 0 Å². The molecule has 6 aromatic heterocycles. The van der Waals surface area contributed by atoms with Gasteiger partial charge in [-0.3, -0.25) is 9.97 Å². The molecule has 0 aromatic carbocycles. The van der Waals surface area contributed by atoms with Crippen molar-refractivity contribution < 1.29 is 0 Å². The molecule has 0 saturated carbocycles. The van der Waals surface area contributed by atoms with Gasteiger partial charge < -0.3 is 0 Å². The number of fused-ring (bicyclic) bond motifs is 2. The fraction of sp³-hybridized carbons (Fsp3) is 0.200. The van der Waals surface area contributed by atoms with E-state index in [1.54, 1.807) is 56.5 Å². The van der Waals surface area contributed by atoms with Crippen molar-refractivity contribution in [3.63, 3.8) is 0 Å².